The molecular weight excluding hydrogens is 232 g/mol. The van der Waals surface area contributed by atoms with E-state index in [0.29, 0.717) is 23.6 Å². The van der Waals surface area contributed by atoms with Crippen molar-refractivity contribution in [2.45, 2.75) is 13.1 Å². The number of carbonyl (C=O) groups is 1. The molecule has 0 spiro atoms. The third-order valence-electron chi connectivity index (χ3n) is 2.49. The first-order valence-electron chi connectivity index (χ1n) is 5.49. The fraction of sp³-hybridized carbons (Fsp3) is 0.250. The number of nitrogens with zero attached hydrogens (tertiary/aromatic N) is 3. The first kappa shape index (κ1) is 12.3. The van der Waals surface area contributed by atoms with Gasteiger partial charge in [0.25, 0.3) is 0 Å². The molecule has 0 aliphatic rings. The van der Waals surface area contributed by atoms with Gasteiger partial charge in [-0.2, -0.15) is 0 Å². The summed E-state index contributed by atoms with van der Waals surface area (Å²) in [5, 5.41) is 7.66. The van der Waals surface area contributed by atoms with Crippen molar-refractivity contribution in [2.75, 3.05) is 7.11 Å². The second-order valence-corrected chi connectivity index (χ2v) is 3.77. The quantitative estimate of drug-likeness (QED) is 0.782. The van der Waals surface area contributed by atoms with Crippen LogP contribution >= 0.6 is 0 Å². The smallest absolute Gasteiger partial charge is 0.184 e. The van der Waals surface area contributed by atoms with Gasteiger partial charge in [-0.15, -0.1) is 5.10 Å². The molecular formula is C12H14N4O2. The van der Waals surface area contributed by atoms with Crippen LogP contribution < -0.4 is 10.5 Å². The highest BCUT2D eigenvalue weighted by Gasteiger charge is 2.09. The number of rotatable bonds is 5. The van der Waals surface area contributed by atoms with Gasteiger partial charge in [-0.3, -0.25) is 4.79 Å². The number of benzene rings is 1. The van der Waals surface area contributed by atoms with E-state index in [2.05, 4.69) is 10.3 Å². The summed E-state index contributed by atoms with van der Waals surface area (Å²) in [6, 6.07) is 7.01. The van der Waals surface area contributed by atoms with Crippen molar-refractivity contribution >= 4 is 5.78 Å². The van der Waals surface area contributed by atoms with E-state index in [0.717, 1.165) is 0 Å². The monoisotopic (exact) mass is 246 g/mol. The van der Waals surface area contributed by atoms with E-state index in [9.17, 15) is 4.79 Å². The fourth-order valence-electron chi connectivity index (χ4n) is 1.54. The standard InChI is InChI=1S/C12H14N4O2/c1-18-11-4-2-3-9(5-11)12(17)8-16-7-10(6-13)14-15-16/h2-5,7H,6,8,13H2,1H3. The van der Waals surface area contributed by atoms with Crippen molar-refractivity contribution < 1.29 is 9.53 Å². The van der Waals surface area contributed by atoms with Gasteiger partial charge in [0, 0.05) is 12.1 Å². The number of carbonyl (C=O) groups excluding carboxylic acids is 1. The van der Waals surface area contributed by atoms with Crippen LogP contribution in [0.1, 0.15) is 16.1 Å². The van der Waals surface area contributed by atoms with Crippen LogP contribution in [0.15, 0.2) is 30.5 Å². The van der Waals surface area contributed by atoms with Crippen LogP contribution in [0.25, 0.3) is 0 Å². The second kappa shape index (κ2) is 5.42. The van der Waals surface area contributed by atoms with Crippen molar-refractivity contribution in [3.05, 3.63) is 41.7 Å². The minimum absolute atomic E-state index is 0.0534. The van der Waals surface area contributed by atoms with Gasteiger partial charge in [0.05, 0.1) is 19.0 Å². The molecule has 0 aliphatic carbocycles. The lowest BCUT2D eigenvalue weighted by Crippen LogP contribution is -2.11. The van der Waals surface area contributed by atoms with Crippen LogP contribution in [0.5, 0.6) is 5.75 Å². The van der Waals surface area contributed by atoms with Crippen LogP contribution in [0.3, 0.4) is 0 Å². The molecule has 0 saturated carbocycles. The Hall–Kier alpha value is -2.21. The summed E-state index contributed by atoms with van der Waals surface area (Å²) < 4.78 is 6.55. The highest BCUT2D eigenvalue weighted by Crippen LogP contribution is 2.13. The van der Waals surface area contributed by atoms with Crippen molar-refractivity contribution in [1.29, 1.82) is 0 Å². The molecule has 2 aromatic rings. The van der Waals surface area contributed by atoms with Gasteiger partial charge in [0.2, 0.25) is 0 Å². The molecule has 18 heavy (non-hydrogen) atoms. The van der Waals surface area contributed by atoms with Crippen molar-refractivity contribution in [1.82, 2.24) is 15.0 Å². The number of Topliss-reactive ketones (excluding diaryl/α,β-unsaturated/α-hetero) is 1. The van der Waals surface area contributed by atoms with Gasteiger partial charge < -0.3 is 10.5 Å². The lowest BCUT2D eigenvalue weighted by atomic mass is 10.1. The van der Waals surface area contributed by atoms with Crippen molar-refractivity contribution in [2.24, 2.45) is 5.73 Å². The molecule has 1 heterocycles. The molecule has 0 atom stereocenters. The second-order valence-electron chi connectivity index (χ2n) is 3.77. The summed E-state index contributed by atoms with van der Waals surface area (Å²) in [6.45, 7) is 0.452. The Kier molecular flexibility index (Phi) is 3.69. The zero-order chi connectivity index (χ0) is 13.0. The molecule has 1 aromatic heterocycles. The summed E-state index contributed by atoms with van der Waals surface area (Å²) in [5.41, 5.74) is 6.67. The van der Waals surface area contributed by atoms with Crippen LogP contribution in [-0.4, -0.2) is 27.9 Å². The SMILES string of the molecule is COc1cccc(C(=O)Cn2cc(CN)nn2)c1. The number of hydrogen-bond acceptors (Lipinski definition) is 5. The Bertz CT molecular complexity index is 551. The molecule has 0 fully saturated rings. The maximum Gasteiger partial charge on any atom is 0.184 e. The van der Waals surface area contributed by atoms with Gasteiger partial charge in [-0.25, -0.2) is 4.68 Å². The molecule has 6 nitrogen and oxygen atoms in total. The van der Waals surface area contributed by atoms with E-state index in [1.54, 1.807) is 37.6 Å². The molecule has 0 unspecified atom stereocenters. The van der Waals surface area contributed by atoms with Gasteiger partial charge in [-0.05, 0) is 12.1 Å². The molecule has 1 aromatic carbocycles. The van der Waals surface area contributed by atoms with E-state index in [-0.39, 0.29) is 12.3 Å². The normalized spacial score (nSPS) is 10.3. The molecule has 94 valence electrons. The zero-order valence-electron chi connectivity index (χ0n) is 10.0. The number of hydrogen-bond donors (Lipinski definition) is 1. The summed E-state index contributed by atoms with van der Waals surface area (Å²) in [5.74, 6) is 0.601. The third-order valence-corrected chi connectivity index (χ3v) is 2.49. The summed E-state index contributed by atoms with van der Waals surface area (Å²) in [6.07, 6.45) is 1.66. The maximum absolute atomic E-state index is 12.0. The predicted molar refractivity (Wildman–Crippen MR) is 65.2 cm³/mol. The first-order valence-corrected chi connectivity index (χ1v) is 5.49. The van der Waals surface area contributed by atoms with Crippen LogP contribution in [0.4, 0.5) is 0 Å². The average Bonchev–Trinajstić information content (AvgIpc) is 2.86. The van der Waals surface area contributed by atoms with Gasteiger partial charge in [-0.1, -0.05) is 17.3 Å². The minimum atomic E-state index is -0.0534. The Morgan fingerprint density at radius 3 is 3.00 bits per heavy atom. The predicted octanol–water partition coefficient (Wildman–Crippen LogP) is 0.628. The Labute approximate surface area is 104 Å². The fourth-order valence-corrected chi connectivity index (χ4v) is 1.54. The molecule has 0 aliphatic heterocycles. The first-order chi connectivity index (χ1) is 8.72. The Morgan fingerprint density at radius 2 is 2.33 bits per heavy atom. The van der Waals surface area contributed by atoms with Crippen LogP contribution in [-0.2, 0) is 13.1 Å². The Balaban J connectivity index is 2.11. The number of aromatic nitrogens is 3. The topological polar surface area (TPSA) is 83.0 Å². The van der Waals surface area contributed by atoms with E-state index in [4.69, 9.17) is 10.5 Å². The van der Waals surface area contributed by atoms with Crippen LogP contribution in [0, 0.1) is 0 Å². The number of ketones is 1. The Morgan fingerprint density at radius 1 is 1.50 bits per heavy atom. The largest absolute Gasteiger partial charge is 0.497 e. The number of ether oxygens (including phenoxy) is 1. The summed E-state index contributed by atoms with van der Waals surface area (Å²) in [7, 11) is 1.56. The van der Waals surface area contributed by atoms with Gasteiger partial charge in [0.15, 0.2) is 5.78 Å². The molecule has 0 radical (unpaired) electrons. The molecule has 2 N–H and O–H groups in total. The van der Waals surface area contributed by atoms with Crippen molar-refractivity contribution in [3.63, 3.8) is 0 Å². The van der Waals surface area contributed by atoms with Crippen molar-refractivity contribution in [3.8, 4) is 5.75 Å². The number of methoxy groups -OCH3 is 1. The van der Waals surface area contributed by atoms with E-state index < -0.39 is 0 Å². The lowest BCUT2D eigenvalue weighted by Gasteiger charge is -2.03. The zero-order valence-corrected chi connectivity index (χ0v) is 10.0. The molecule has 2 rings (SSSR count). The van der Waals surface area contributed by atoms with E-state index in [1.807, 2.05) is 0 Å². The summed E-state index contributed by atoms with van der Waals surface area (Å²) >= 11 is 0. The van der Waals surface area contributed by atoms with E-state index >= 15 is 0 Å². The molecule has 0 bridgehead atoms. The highest BCUT2D eigenvalue weighted by atomic mass is 16.5. The van der Waals surface area contributed by atoms with Gasteiger partial charge >= 0.3 is 0 Å². The molecule has 0 amide bonds. The summed E-state index contributed by atoms with van der Waals surface area (Å²) in [4.78, 5) is 12.0. The average molecular weight is 246 g/mol. The third kappa shape index (κ3) is 2.72. The van der Waals surface area contributed by atoms with E-state index in [1.165, 1.54) is 4.68 Å². The van der Waals surface area contributed by atoms with Gasteiger partial charge in [0.1, 0.15) is 12.3 Å². The molecule has 6 heteroatoms. The van der Waals surface area contributed by atoms with Crippen LogP contribution in [0.2, 0.25) is 0 Å². The highest BCUT2D eigenvalue weighted by molar-refractivity contribution is 5.96. The molecule has 0 saturated heterocycles. The lowest BCUT2D eigenvalue weighted by molar-refractivity contribution is 0.0966. The maximum atomic E-state index is 12.0. The minimum Gasteiger partial charge on any atom is -0.497 e. The number of nitrogens with two attached hydrogens (primary N) is 1.